The summed E-state index contributed by atoms with van der Waals surface area (Å²) < 4.78 is 39.6. The van der Waals surface area contributed by atoms with E-state index in [1.165, 1.54) is 12.1 Å². The van der Waals surface area contributed by atoms with E-state index >= 15 is 0 Å². The zero-order valence-electron chi connectivity index (χ0n) is 15.2. The molecule has 3 aliphatic rings. The topological polar surface area (TPSA) is 78.4 Å². The molecule has 1 fully saturated rings. The van der Waals surface area contributed by atoms with Gasteiger partial charge in [0.1, 0.15) is 10.7 Å². The van der Waals surface area contributed by atoms with E-state index in [1.807, 2.05) is 4.90 Å². The molecule has 2 aliphatic heterocycles. The van der Waals surface area contributed by atoms with Crippen molar-refractivity contribution in [2.75, 3.05) is 22.6 Å². The van der Waals surface area contributed by atoms with E-state index in [0.717, 1.165) is 25.0 Å². The van der Waals surface area contributed by atoms with E-state index in [0.29, 0.717) is 53.1 Å². The van der Waals surface area contributed by atoms with Gasteiger partial charge >= 0.3 is 0 Å². The van der Waals surface area contributed by atoms with Crippen molar-refractivity contribution in [2.45, 2.75) is 49.2 Å². The average molecular weight is 406 g/mol. The summed E-state index contributed by atoms with van der Waals surface area (Å²) in [5.41, 5.74) is 1.75. The van der Waals surface area contributed by atoms with Crippen molar-refractivity contribution in [3.8, 4) is 0 Å². The first kappa shape index (κ1) is 17.9. The summed E-state index contributed by atoms with van der Waals surface area (Å²) in [5.74, 6) is -0.251. The Morgan fingerprint density at radius 3 is 2.43 bits per heavy atom. The molecule has 0 saturated heterocycles. The second-order valence-electron chi connectivity index (χ2n) is 7.76. The van der Waals surface area contributed by atoms with Crippen LogP contribution >= 0.6 is 0 Å². The largest absolute Gasteiger partial charge is 0.394 e. The predicted octanol–water partition coefficient (Wildman–Crippen LogP) is 2.27. The highest BCUT2D eigenvalue weighted by Gasteiger charge is 2.39. The predicted molar refractivity (Wildman–Crippen MR) is 101 cm³/mol. The summed E-state index contributed by atoms with van der Waals surface area (Å²) >= 11 is 0. The fraction of sp³-hybridized carbons (Fsp3) is 0.474. The number of halogens is 2. The van der Waals surface area contributed by atoms with Crippen LogP contribution in [0.3, 0.4) is 0 Å². The average Bonchev–Trinajstić information content (AvgIpc) is 3.22. The third-order valence-corrected chi connectivity index (χ3v) is 7.38. The highest BCUT2D eigenvalue weighted by atomic mass is 32.2. The van der Waals surface area contributed by atoms with Crippen LogP contribution in [0.15, 0.2) is 17.0 Å². The van der Waals surface area contributed by atoms with Crippen LogP contribution in [-0.2, 0) is 30.3 Å². The second-order valence-corrected chi connectivity index (χ2v) is 9.26. The minimum atomic E-state index is -1.17. The molecule has 5 rings (SSSR count). The minimum Gasteiger partial charge on any atom is -0.394 e. The lowest BCUT2D eigenvalue weighted by Gasteiger charge is -2.41. The number of aliphatic hydroxyl groups excluding tert-OH is 1. The zero-order valence-corrected chi connectivity index (χ0v) is 16.0. The van der Waals surface area contributed by atoms with E-state index < -0.39 is 28.0 Å². The molecule has 0 amide bonds. The number of aliphatic hydroxyl groups is 1. The Morgan fingerprint density at radius 2 is 1.86 bits per heavy atom. The second kappa shape index (κ2) is 6.45. The number of anilines is 2. The molecule has 1 aromatic heterocycles. The normalized spacial score (nSPS) is 22.0. The summed E-state index contributed by atoms with van der Waals surface area (Å²) in [6.45, 7) is 0.763. The molecule has 1 aromatic carbocycles. The fourth-order valence-electron chi connectivity index (χ4n) is 4.12. The molecule has 9 heteroatoms. The van der Waals surface area contributed by atoms with Crippen LogP contribution in [0.5, 0.6) is 0 Å². The molecule has 6 nitrogen and oxygen atoms in total. The van der Waals surface area contributed by atoms with Crippen LogP contribution in [0.1, 0.15) is 36.1 Å². The van der Waals surface area contributed by atoms with Crippen molar-refractivity contribution in [3.63, 3.8) is 0 Å². The Morgan fingerprint density at radius 1 is 1.18 bits per heavy atom. The number of benzene rings is 1. The minimum absolute atomic E-state index is 0.0124. The molecule has 3 heterocycles. The molecule has 0 spiro atoms. The number of nitrogens with one attached hydrogen (secondary N) is 1. The van der Waals surface area contributed by atoms with Gasteiger partial charge in [0.15, 0.2) is 11.6 Å². The van der Waals surface area contributed by atoms with Gasteiger partial charge in [-0.05, 0) is 42.5 Å². The van der Waals surface area contributed by atoms with E-state index in [2.05, 4.69) is 15.3 Å². The first-order chi connectivity index (χ1) is 13.5. The fourth-order valence-corrected chi connectivity index (χ4v) is 5.43. The van der Waals surface area contributed by atoms with Gasteiger partial charge in [0, 0.05) is 25.3 Å². The Bertz CT molecular complexity index is 960. The maximum absolute atomic E-state index is 13.6. The van der Waals surface area contributed by atoms with E-state index in [4.69, 9.17) is 0 Å². The highest BCUT2D eigenvalue weighted by Crippen LogP contribution is 2.39. The van der Waals surface area contributed by atoms with Crippen molar-refractivity contribution in [3.05, 3.63) is 40.6 Å². The molecule has 148 valence electrons. The van der Waals surface area contributed by atoms with Gasteiger partial charge in [0.2, 0.25) is 5.95 Å². The third-order valence-electron chi connectivity index (χ3n) is 5.92. The van der Waals surface area contributed by atoms with E-state index in [1.54, 1.807) is 0 Å². The quantitative estimate of drug-likeness (QED) is 0.811. The smallest absolute Gasteiger partial charge is 0.228 e. The molecule has 28 heavy (non-hydrogen) atoms. The molecule has 0 bridgehead atoms. The van der Waals surface area contributed by atoms with Gasteiger partial charge in [0.25, 0.3) is 0 Å². The summed E-state index contributed by atoms with van der Waals surface area (Å²) in [6, 6.07) is 2.45. The van der Waals surface area contributed by atoms with Crippen molar-refractivity contribution in [1.29, 1.82) is 0 Å². The summed E-state index contributed by atoms with van der Waals surface area (Å²) in [4.78, 5) is 11.7. The SMILES string of the molecule is O=[S@]1CCc2nc(N3Cc4cc(F)c(F)cc4C3)nc(NC3(CO)CCC3)c21. The van der Waals surface area contributed by atoms with Crippen LogP contribution in [0, 0.1) is 11.6 Å². The number of hydrogen-bond acceptors (Lipinski definition) is 6. The van der Waals surface area contributed by atoms with Crippen LogP contribution in [0.25, 0.3) is 0 Å². The molecular formula is C19H20F2N4O2S. The molecule has 1 saturated carbocycles. The lowest BCUT2D eigenvalue weighted by molar-refractivity contribution is 0.143. The summed E-state index contributed by atoms with van der Waals surface area (Å²) in [7, 11) is -1.17. The summed E-state index contributed by atoms with van der Waals surface area (Å²) in [5, 5.41) is 13.1. The van der Waals surface area contributed by atoms with Crippen LogP contribution < -0.4 is 10.2 Å². The number of aromatic nitrogens is 2. The molecular weight excluding hydrogens is 386 g/mol. The molecule has 1 aliphatic carbocycles. The van der Waals surface area contributed by atoms with Gasteiger partial charge in [-0.3, -0.25) is 4.21 Å². The standard InChI is InChI=1S/C19H20F2N4O2S/c20-13-6-11-8-25(9-12(11)7-14(13)21)18-22-15-2-5-28(27)16(15)17(23-18)24-19(10-26)3-1-4-19/h6-7,26H,1-5,8-10H2,(H,22,23,24)/t28-/m0/s1. The van der Waals surface area contributed by atoms with Crippen molar-refractivity contribution >= 4 is 22.6 Å². The van der Waals surface area contributed by atoms with Gasteiger partial charge < -0.3 is 15.3 Å². The molecule has 0 radical (unpaired) electrons. The van der Waals surface area contributed by atoms with Crippen molar-refractivity contribution in [2.24, 2.45) is 0 Å². The first-order valence-corrected chi connectivity index (χ1v) is 10.7. The lowest BCUT2D eigenvalue weighted by atomic mass is 9.77. The monoisotopic (exact) mass is 406 g/mol. The van der Waals surface area contributed by atoms with Gasteiger partial charge in [-0.2, -0.15) is 4.98 Å². The third kappa shape index (κ3) is 2.79. The summed E-state index contributed by atoms with van der Waals surface area (Å²) in [6.07, 6.45) is 3.29. The molecule has 2 aromatic rings. The van der Waals surface area contributed by atoms with Crippen molar-refractivity contribution in [1.82, 2.24) is 9.97 Å². The Balaban J connectivity index is 1.51. The van der Waals surface area contributed by atoms with E-state index in [-0.39, 0.29) is 6.61 Å². The number of aryl methyl sites for hydroxylation is 1. The first-order valence-electron chi connectivity index (χ1n) is 9.38. The van der Waals surface area contributed by atoms with Crippen molar-refractivity contribution < 1.29 is 18.1 Å². The van der Waals surface area contributed by atoms with Gasteiger partial charge in [0.05, 0.1) is 28.6 Å². The number of fused-ring (bicyclic) bond motifs is 2. The number of rotatable bonds is 4. The van der Waals surface area contributed by atoms with Crippen LogP contribution in [-0.4, -0.2) is 37.2 Å². The molecule has 0 unspecified atom stereocenters. The van der Waals surface area contributed by atoms with Gasteiger partial charge in [-0.15, -0.1) is 0 Å². The van der Waals surface area contributed by atoms with E-state index in [9.17, 15) is 18.1 Å². The zero-order chi connectivity index (χ0) is 19.5. The van der Waals surface area contributed by atoms with Crippen LogP contribution in [0.2, 0.25) is 0 Å². The number of hydrogen-bond donors (Lipinski definition) is 2. The number of nitrogens with zero attached hydrogens (tertiary/aromatic N) is 3. The Hall–Kier alpha value is -2.13. The molecule has 2 N–H and O–H groups in total. The maximum atomic E-state index is 13.6. The van der Waals surface area contributed by atoms with Crippen LogP contribution in [0.4, 0.5) is 20.5 Å². The lowest BCUT2D eigenvalue weighted by Crippen LogP contribution is -2.48. The van der Waals surface area contributed by atoms with Gasteiger partial charge in [-0.1, -0.05) is 0 Å². The highest BCUT2D eigenvalue weighted by molar-refractivity contribution is 7.85. The maximum Gasteiger partial charge on any atom is 0.228 e. The Labute approximate surface area is 163 Å². The van der Waals surface area contributed by atoms with Gasteiger partial charge in [-0.25, -0.2) is 13.8 Å². The Kier molecular flexibility index (Phi) is 4.13. The molecule has 1 atom stereocenters.